The highest BCUT2D eigenvalue weighted by Crippen LogP contribution is 2.32. The highest BCUT2D eigenvalue weighted by Gasteiger charge is 2.44. The number of benzene rings is 2. The Morgan fingerprint density at radius 1 is 1.07 bits per heavy atom. The molecular formula is C20H18F6N2O2. The Bertz CT molecular complexity index is 885. The molecule has 1 saturated heterocycles. The highest BCUT2D eigenvalue weighted by atomic mass is 19.3. The van der Waals surface area contributed by atoms with Crippen molar-refractivity contribution in [1.82, 2.24) is 10.6 Å². The number of nitrogens with one attached hydrogen (secondary N) is 2. The molecule has 1 amide bonds. The second-order valence-corrected chi connectivity index (χ2v) is 6.83. The van der Waals surface area contributed by atoms with Crippen LogP contribution in [0.4, 0.5) is 26.3 Å². The number of hydrogen-bond acceptors (Lipinski definition) is 3. The molecule has 1 fully saturated rings. The average molecular weight is 432 g/mol. The number of carbonyl (C=O) groups is 1. The highest BCUT2D eigenvalue weighted by molar-refractivity contribution is 5.82. The van der Waals surface area contributed by atoms with E-state index < -0.39 is 47.9 Å². The first-order chi connectivity index (χ1) is 14.2. The number of halogens is 6. The second-order valence-electron chi connectivity index (χ2n) is 6.83. The Hall–Kier alpha value is -2.75. The topological polar surface area (TPSA) is 50.4 Å². The van der Waals surface area contributed by atoms with E-state index in [1.807, 2.05) is 0 Å². The number of ether oxygens (including phenoxy) is 1. The third kappa shape index (κ3) is 5.24. The molecule has 4 nitrogen and oxygen atoms in total. The van der Waals surface area contributed by atoms with Crippen LogP contribution in [-0.4, -0.2) is 31.0 Å². The van der Waals surface area contributed by atoms with Crippen molar-refractivity contribution in [2.24, 2.45) is 0 Å². The molecule has 0 radical (unpaired) electrons. The molecular weight excluding hydrogens is 414 g/mol. The Morgan fingerprint density at radius 3 is 2.37 bits per heavy atom. The van der Waals surface area contributed by atoms with E-state index in [1.54, 1.807) is 0 Å². The minimum Gasteiger partial charge on any atom is -0.428 e. The van der Waals surface area contributed by atoms with Crippen molar-refractivity contribution in [3.8, 4) is 5.75 Å². The molecule has 0 bridgehead atoms. The molecule has 0 aromatic heterocycles. The summed E-state index contributed by atoms with van der Waals surface area (Å²) in [5, 5.41) is 5.66. The van der Waals surface area contributed by atoms with Crippen LogP contribution in [0.5, 0.6) is 5.75 Å². The van der Waals surface area contributed by atoms with Crippen LogP contribution >= 0.6 is 0 Å². The van der Waals surface area contributed by atoms with Gasteiger partial charge in [0.05, 0.1) is 12.1 Å². The van der Waals surface area contributed by atoms with Crippen molar-refractivity contribution >= 4 is 5.91 Å². The Kier molecular flexibility index (Phi) is 6.55. The van der Waals surface area contributed by atoms with E-state index in [4.69, 9.17) is 0 Å². The number of hydrogen-bond donors (Lipinski definition) is 2. The van der Waals surface area contributed by atoms with Crippen LogP contribution in [0.1, 0.15) is 30.0 Å². The summed E-state index contributed by atoms with van der Waals surface area (Å²) in [6.07, 6.45) is -7.60. The van der Waals surface area contributed by atoms with E-state index in [2.05, 4.69) is 15.4 Å². The van der Waals surface area contributed by atoms with E-state index in [0.717, 1.165) is 30.7 Å². The third-order valence-electron chi connectivity index (χ3n) is 4.60. The molecule has 1 aliphatic rings. The van der Waals surface area contributed by atoms with Crippen LogP contribution in [0.25, 0.3) is 0 Å². The standard InChI is InChI=1S/C20H18F6N2O2/c21-13-5-3-11(4-6-13)17(28-18(29)16-2-1-7-27-16)12-8-14(22)10-15(9-12)30-20(25,26)19(23)24/h3-6,8-10,16-17,19,27H,1-2,7H2,(H,28,29)/t16-,17+/m0/s1. The van der Waals surface area contributed by atoms with Gasteiger partial charge in [0.15, 0.2) is 0 Å². The van der Waals surface area contributed by atoms with Crippen LogP contribution < -0.4 is 15.4 Å². The second kappa shape index (κ2) is 8.95. The largest absolute Gasteiger partial charge is 0.461 e. The van der Waals surface area contributed by atoms with Crippen molar-refractivity contribution in [3.63, 3.8) is 0 Å². The Morgan fingerprint density at radius 2 is 1.77 bits per heavy atom. The van der Waals surface area contributed by atoms with Gasteiger partial charge in [0, 0.05) is 6.07 Å². The predicted molar refractivity (Wildman–Crippen MR) is 95.4 cm³/mol. The minimum absolute atomic E-state index is 0.0342. The molecule has 2 atom stereocenters. The predicted octanol–water partition coefficient (Wildman–Crippen LogP) is 4.16. The summed E-state index contributed by atoms with van der Waals surface area (Å²) in [5.74, 6) is -2.85. The van der Waals surface area contributed by atoms with Gasteiger partial charge in [-0.25, -0.2) is 8.78 Å². The van der Waals surface area contributed by atoms with Gasteiger partial charge in [-0.2, -0.15) is 17.6 Å². The third-order valence-corrected chi connectivity index (χ3v) is 4.60. The summed E-state index contributed by atoms with van der Waals surface area (Å²) < 4.78 is 82.8. The Balaban J connectivity index is 1.95. The van der Waals surface area contributed by atoms with Gasteiger partial charge in [-0.05, 0) is 54.8 Å². The zero-order chi connectivity index (χ0) is 21.9. The van der Waals surface area contributed by atoms with Crippen molar-refractivity contribution < 1.29 is 35.9 Å². The number of alkyl halides is 4. The van der Waals surface area contributed by atoms with Gasteiger partial charge < -0.3 is 15.4 Å². The quantitative estimate of drug-likeness (QED) is 0.647. The molecule has 2 aromatic carbocycles. The maximum absolute atomic E-state index is 14.1. The Labute approximate surface area is 168 Å². The van der Waals surface area contributed by atoms with Gasteiger partial charge in [0.25, 0.3) is 0 Å². The molecule has 0 saturated carbocycles. The first-order valence-corrected chi connectivity index (χ1v) is 9.10. The van der Waals surface area contributed by atoms with E-state index >= 15 is 0 Å². The van der Waals surface area contributed by atoms with Gasteiger partial charge in [0.2, 0.25) is 5.91 Å². The van der Waals surface area contributed by atoms with Gasteiger partial charge in [0.1, 0.15) is 17.4 Å². The molecule has 0 unspecified atom stereocenters. The van der Waals surface area contributed by atoms with Crippen LogP contribution in [0, 0.1) is 11.6 Å². The van der Waals surface area contributed by atoms with Crippen LogP contribution in [0.2, 0.25) is 0 Å². The molecule has 2 N–H and O–H groups in total. The zero-order valence-corrected chi connectivity index (χ0v) is 15.5. The molecule has 1 heterocycles. The maximum atomic E-state index is 14.1. The summed E-state index contributed by atoms with van der Waals surface area (Å²) in [7, 11) is 0. The minimum atomic E-state index is -4.83. The molecule has 3 rings (SSSR count). The molecule has 0 aliphatic carbocycles. The molecule has 0 spiro atoms. The van der Waals surface area contributed by atoms with Crippen molar-refractivity contribution in [2.75, 3.05) is 6.54 Å². The molecule has 2 aromatic rings. The first kappa shape index (κ1) is 21.9. The monoisotopic (exact) mass is 432 g/mol. The SMILES string of the molecule is O=C(N[C@H](c1ccc(F)cc1)c1cc(F)cc(OC(F)(F)C(F)F)c1)[C@@H]1CCCN1. The fraction of sp³-hybridized carbons (Fsp3) is 0.350. The maximum Gasteiger partial charge on any atom is 0.461 e. The number of carbonyl (C=O) groups excluding carboxylic acids is 1. The van der Waals surface area contributed by atoms with Crippen molar-refractivity contribution in [3.05, 3.63) is 65.2 Å². The summed E-state index contributed by atoms with van der Waals surface area (Å²) in [5.41, 5.74) is 0.299. The van der Waals surface area contributed by atoms with Gasteiger partial charge in [-0.15, -0.1) is 0 Å². The van der Waals surface area contributed by atoms with E-state index in [-0.39, 0.29) is 5.56 Å². The molecule has 10 heteroatoms. The zero-order valence-electron chi connectivity index (χ0n) is 15.5. The summed E-state index contributed by atoms with van der Waals surface area (Å²) in [4.78, 5) is 12.6. The van der Waals surface area contributed by atoms with Gasteiger partial charge in [-0.3, -0.25) is 4.79 Å². The van der Waals surface area contributed by atoms with E-state index in [0.29, 0.717) is 24.6 Å². The van der Waals surface area contributed by atoms with Crippen molar-refractivity contribution in [2.45, 2.75) is 37.5 Å². The van der Waals surface area contributed by atoms with Crippen LogP contribution in [-0.2, 0) is 4.79 Å². The lowest BCUT2D eigenvalue weighted by molar-refractivity contribution is -0.253. The first-order valence-electron chi connectivity index (χ1n) is 9.10. The van der Waals surface area contributed by atoms with Crippen LogP contribution in [0.15, 0.2) is 42.5 Å². The fourth-order valence-electron chi connectivity index (χ4n) is 3.18. The van der Waals surface area contributed by atoms with Crippen molar-refractivity contribution in [1.29, 1.82) is 0 Å². The number of amides is 1. The van der Waals surface area contributed by atoms with E-state index in [9.17, 15) is 31.1 Å². The summed E-state index contributed by atoms with van der Waals surface area (Å²) in [6, 6.07) is 5.75. The molecule has 162 valence electrons. The molecule has 30 heavy (non-hydrogen) atoms. The van der Waals surface area contributed by atoms with E-state index in [1.165, 1.54) is 12.1 Å². The lowest BCUT2D eigenvalue weighted by Crippen LogP contribution is -2.42. The number of rotatable bonds is 7. The van der Waals surface area contributed by atoms with Gasteiger partial charge >= 0.3 is 12.5 Å². The smallest absolute Gasteiger partial charge is 0.428 e. The lowest BCUT2D eigenvalue weighted by Gasteiger charge is -2.23. The average Bonchev–Trinajstić information content (AvgIpc) is 3.21. The molecule has 1 aliphatic heterocycles. The normalized spacial score (nSPS) is 17.8. The summed E-state index contributed by atoms with van der Waals surface area (Å²) >= 11 is 0. The van der Waals surface area contributed by atoms with Gasteiger partial charge in [-0.1, -0.05) is 12.1 Å². The van der Waals surface area contributed by atoms with Crippen LogP contribution in [0.3, 0.4) is 0 Å². The summed E-state index contributed by atoms with van der Waals surface area (Å²) in [6.45, 7) is 0.639. The fourth-order valence-corrected chi connectivity index (χ4v) is 3.18. The lowest BCUT2D eigenvalue weighted by atomic mass is 9.97.